The van der Waals surface area contributed by atoms with E-state index in [-0.39, 0.29) is 14.9 Å². The monoisotopic (exact) mass is 529 g/mol. The fourth-order valence-corrected chi connectivity index (χ4v) is 4.69. The van der Waals surface area contributed by atoms with Gasteiger partial charge in [-0.05, 0) is 54.6 Å². The summed E-state index contributed by atoms with van der Waals surface area (Å²) < 4.78 is 63.4. The number of nitrogens with one attached hydrogen (secondary N) is 1. The maximum absolute atomic E-state index is 12.7. The first-order valence-electron chi connectivity index (χ1n) is 8.89. The van der Waals surface area contributed by atoms with E-state index in [1.807, 2.05) is 0 Å². The molecule has 0 saturated heterocycles. The van der Waals surface area contributed by atoms with Gasteiger partial charge in [-0.15, -0.1) is 0 Å². The summed E-state index contributed by atoms with van der Waals surface area (Å²) in [7, 11) is -4.03. The smallest absolute Gasteiger partial charge is 0.360 e. The van der Waals surface area contributed by atoms with Gasteiger partial charge in [-0.2, -0.15) is 18.4 Å². The van der Waals surface area contributed by atoms with Crippen molar-refractivity contribution in [1.82, 2.24) is 4.98 Å². The molecule has 1 N–H and O–H groups in total. The summed E-state index contributed by atoms with van der Waals surface area (Å²) in [5.74, 6) is 0. The number of rotatable bonds is 6. The summed E-state index contributed by atoms with van der Waals surface area (Å²) in [6.45, 7) is 0. The Bertz CT molecular complexity index is 1340. The van der Waals surface area contributed by atoms with Gasteiger partial charge in [0.1, 0.15) is 11.1 Å². The Morgan fingerprint density at radius 1 is 1.09 bits per heavy atom. The van der Waals surface area contributed by atoms with Crippen LogP contribution in [0.2, 0.25) is 10.0 Å². The van der Waals surface area contributed by atoms with Gasteiger partial charge < -0.3 is 5.32 Å². The van der Waals surface area contributed by atoms with Gasteiger partial charge in [-0.3, -0.25) is 0 Å². The van der Waals surface area contributed by atoms with E-state index in [2.05, 4.69) is 10.3 Å². The van der Waals surface area contributed by atoms with Crippen molar-refractivity contribution in [2.75, 3.05) is 5.32 Å². The van der Waals surface area contributed by atoms with E-state index in [1.54, 1.807) is 30.3 Å². The zero-order chi connectivity index (χ0) is 24.2. The van der Waals surface area contributed by atoms with Crippen molar-refractivity contribution in [2.45, 2.75) is 21.0 Å². The van der Waals surface area contributed by atoms with Gasteiger partial charge in [0.2, 0.25) is 9.84 Å². The minimum absolute atomic E-state index is 0.0748. The van der Waals surface area contributed by atoms with Crippen molar-refractivity contribution in [2.24, 2.45) is 0 Å². The molecular formula is C21H12Cl2F3N3O2S2. The molecule has 5 nitrogen and oxygen atoms in total. The van der Waals surface area contributed by atoms with Crippen LogP contribution in [0.15, 0.2) is 86.7 Å². The Morgan fingerprint density at radius 3 is 2.27 bits per heavy atom. The number of hydrogen-bond acceptors (Lipinski definition) is 6. The van der Waals surface area contributed by atoms with Crippen LogP contribution in [0, 0.1) is 11.3 Å². The summed E-state index contributed by atoms with van der Waals surface area (Å²) in [6, 6.07) is 14.4. The molecule has 0 radical (unpaired) electrons. The quantitative estimate of drug-likeness (QED) is 0.353. The summed E-state index contributed by atoms with van der Waals surface area (Å²) in [5, 5.41) is 12.5. The van der Waals surface area contributed by atoms with Crippen molar-refractivity contribution in [3.63, 3.8) is 0 Å². The van der Waals surface area contributed by atoms with Crippen LogP contribution < -0.4 is 5.32 Å². The SMILES string of the molecule is N#C/C(=C/Nc1ccc(Sc2ncc(C(F)(F)F)cc2Cl)cc1)S(=O)(=O)c1ccc(Cl)cc1. The molecule has 3 aromatic rings. The van der Waals surface area contributed by atoms with Gasteiger partial charge in [0.25, 0.3) is 0 Å². The number of allylic oxidation sites excluding steroid dienone is 1. The van der Waals surface area contributed by atoms with Crippen LogP contribution in [0.3, 0.4) is 0 Å². The number of alkyl halides is 3. The summed E-state index contributed by atoms with van der Waals surface area (Å²) in [6.07, 6.45) is -2.76. The van der Waals surface area contributed by atoms with E-state index in [0.29, 0.717) is 21.8 Å². The number of sulfone groups is 1. The second-order valence-electron chi connectivity index (χ2n) is 6.36. The zero-order valence-corrected chi connectivity index (χ0v) is 19.4. The van der Waals surface area contributed by atoms with Crippen molar-refractivity contribution in [1.29, 1.82) is 5.26 Å². The first-order chi connectivity index (χ1) is 15.5. The lowest BCUT2D eigenvalue weighted by Crippen LogP contribution is -2.05. The van der Waals surface area contributed by atoms with E-state index in [4.69, 9.17) is 23.2 Å². The van der Waals surface area contributed by atoms with E-state index >= 15 is 0 Å². The highest BCUT2D eigenvalue weighted by Gasteiger charge is 2.31. The highest BCUT2D eigenvalue weighted by atomic mass is 35.5. The largest absolute Gasteiger partial charge is 0.417 e. The molecule has 0 bridgehead atoms. The Hall–Kier alpha value is -2.71. The third-order valence-electron chi connectivity index (χ3n) is 4.10. The first kappa shape index (κ1) is 24.9. The molecule has 33 heavy (non-hydrogen) atoms. The third kappa shape index (κ3) is 6.21. The lowest BCUT2D eigenvalue weighted by Gasteiger charge is -2.09. The van der Waals surface area contributed by atoms with Crippen molar-refractivity contribution >= 4 is 50.5 Å². The first-order valence-corrected chi connectivity index (χ1v) is 11.9. The van der Waals surface area contributed by atoms with Gasteiger partial charge in [0.05, 0.1) is 15.5 Å². The predicted molar refractivity (Wildman–Crippen MR) is 121 cm³/mol. The molecule has 0 aliphatic rings. The lowest BCUT2D eigenvalue weighted by atomic mass is 10.3. The molecule has 0 fully saturated rings. The number of benzene rings is 2. The number of pyridine rings is 1. The van der Waals surface area contributed by atoms with Gasteiger partial charge in [-0.25, -0.2) is 13.4 Å². The number of anilines is 1. The van der Waals surface area contributed by atoms with E-state index in [9.17, 15) is 26.9 Å². The Morgan fingerprint density at radius 2 is 1.73 bits per heavy atom. The third-order valence-corrected chi connectivity index (χ3v) is 7.46. The zero-order valence-electron chi connectivity index (χ0n) is 16.3. The predicted octanol–water partition coefficient (Wildman–Crippen LogP) is 6.81. The highest BCUT2D eigenvalue weighted by molar-refractivity contribution is 7.99. The fourth-order valence-electron chi connectivity index (χ4n) is 2.45. The van der Waals surface area contributed by atoms with Crippen molar-refractivity contribution < 1.29 is 21.6 Å². The van der Waals surface area contributed by atoms with Gasteiger partial charge in [0, 0.05) is 28.0 Å². The minimum Gasteiger partial charge on any atom is -0.360 e. The summed E-state index contributed by atoms with van der Waals surface area (Å²) >= 11 is 12.8. The van der Waals surface area contributed by atoms with Crippen molar-refractivity contribution in [3.8, 4) is 6.07 Å². The molecule has 0 spiro atoms. The molecule has 170 valence electrons. The molecule has 3 rings (SSSR count). The van der Waals surface area contributed by atoms with Crippen molar-refractivity contribution in [3.05, 3.63) is 87.5 Å². The average molecular weight is 530 g/mol. The number of hydrogen-bond donors (Lipinski definition) is 1. The summed E-state index contributed by atoms with van der Waals surface area (Å²) in [4.78, 5) is 3.83. The molecule has 2 aromatic carbocycles. The fraction of sp³-hybridized carbons (Fsp3) is 0.0476. The maximum Gasteiger partial charge on any atom is 0.417 e. The average Bonchev–Trinajstić information content (AvgIpc) is 2.76. The van der Waals surface area contributed by atoms with Crippen LogP contribution in [0.1, 0.15) is 5.56 Å². The molecular weight excluding hydrogens is 518 g/mol. The Balaban J connectivity index is 1.73. The number of nitrogens with zero attached hydrogens (tertiary/aromatic N) is 2. The minimum atomic E-state index is -4.54. The molecule has 0 aliphatic heterocycles. The van der Waals surface area contributed by atoms with Crippen LogP contribution in [-0.2, 0) is 16.0 Å². The van der Waals surface area contributed by atoms with E-state index < -0.39 is 26.5 Å². The molecule has 1 heterocycles. The molecule has 12 heteroatoms. The van der Waals surface area contributed by atoms with Gasteiger partial charge >= 0.3 is 6.18 Å². The van der Waals surface area contributed by atoms with Crippen LogP contribution >= 0.6 is 35.0 Å². The van der Waals surface area contributed by atoms with Crippen LogP contribution in [0.4, 0.5) is 18.9 Å². The molecule has 0 aliphatic carbocycles. The van der Waals surface area contributed by atoms with Gasteiger partial charge in [-0.1, -0.05) is 35.0 Å². The second-order valence-corrected chi connectivity index (χ2v) is 10.2. The second kappa shape index (κ2) is 10.1. The van der Waals surface area contributed by atoms with Crippen LogP contribution in [0.5, 0.6) is 0 Å². The summed E-state index contributed by atoms with van der Waals surface area (Å²) in [5.41, 5.74) is -0.463. The number of aromatic nitrogens is 1. The van der Waals surface area contributed by atoms with E-state index in [0.717, 1.165) is 24.0 Å². The standard InChI is InChI=1S/C21H12Cl2F3N3O2S2/c22-14-1-7-17(8-2-14)33(30,31)18(10-27)12-28-15-3-5-16(6-4-15)32-20-19(23)9-13(11-29-20)21(24,25)26/h1-9,11-12,28H/b18-12-. The normalized spacial score (nSPS) is 12.3. The van der Waals surface area contributed by atoms with Gasteiger partial charge in [0.15, 0.2) is 4.91 Å². The topological polar surface area (TPSA) is 82.8 Å². The molecule has 0 unspecified atom stereocenters. The molecule has 1 aromatic heterocycles. The Kier molecular flexibility index (Phi) is 7.59. The van der Waals surface area contributed by atoms with E-state index in [1.165, 1.54) is 24.3 Å². The number of halogens is 5. The molecule has 0 amide bonds. The Labute approximate surface area is 201 Å². The number of nitriles is 1. The molecule has 0 atom stereocenters. The highest BCUT2D eigenvalue weighted by Crippen LogP contribution is 2.36. The molecule has 0 saturated carbocycles. The maximum atomic E-state index is 12.7. The van der Waals surface area contributed by atoms with Crippen LogP contribution in [-0.4, -0.2) is 13.4 Å². The van der Waals surface area contributed by atoms with Crippen LogP contribution in [0.25, 0.3) is 0 Å². The lowest BCUT2D eigenvalue weighted by molar-refractivity contribution is -0.137.